The molecule has 4 rings (SSSR count). The van der Waals surface area contributed by atoms with E-state index < -0.39 is 5.82 Å². The summed E-state index contributed by atoms with van der Waals surface area (Å²) in [5, 5.41) is 8.61. The van der Waals surface area contributed by atoms with Crippen LogP contribution >= 0.6 is 22.9 Å². The van der Waals surface area contributed by atoms with E-state index in [0.717, 1.165) is 27.0 Å². The Morgan fingerprint density at radius 2 is 2.04 bits per heavy atom. The van der Waals surface area contributed by atoms with Gasteiger partial charge < -0.3 is 10.1 Å². The molecule has 132 valence electrons. The Balaban J connectivity index is 1.49. The summed E-state index contributed by atoms with van der Waals surface area (Å²) >= 11 is 7.28. The second kappa shape index (κ2) is 6.93. The zero-order valence-electron chi connectivity index (χ0n) is 13.7. The van der Waals surface area contributed by atoms with Crippen molar-refractivity contribution in [2.24, 2.45) is 0 Å². The highest BCUT2D eigenvalue weighted by atomic mass is 35.5. The van der Waals surface area contributed by atoms with Gasteiger partial charge in [0, 0.05) is 12.1 Å². The first-order valence-corrected chi connectivity index (χ1v) is 9.00. The number of hydrogen-bond acceptors (Lipinski definition) is 5. The minimum Gasteiger partial charge on any atom is -0.497 e. The highest BCUT2D eigenvalue weighted by Gasteiger charge is 2.11. The van der Waals surface area contributed by atoms with Crippen LogP contribution in [0.1, 0.15) is 5.56 Å². The van der Waals surface area contributed by atoms with Crippen LogP contribution in [0.3, 0.4) is 0 Å². The lowest BCUT2D eigenvalue weighted by molar-refractivity contribution is 0.414. The van der Waals surface area contributed by atoms with Crippen molar-refractivity contribution in [3.63, 3.8) is 0 Å². The molecule has 2 aromatic heterocycles. The lowest BCUT2D eigenvalue weighted by atomic mass is 10.2. The van der Waals surface area contributed by atoms with E-state index in [1.165, 1.54) is 17.4 Å². The van der Waals surface area contributed by atoms with Crippen LogP contribution in [0.25, 0.3) is 16.2 Å². The number of hydrogen-bond donors (Lipinski definition) is 1. The molecular weight excluding hydrogens is 375 g/mol. The summed E-state index contributed by atoms with van der Waals surface area (Å²) in [6, 6.07) is 12.4. The highest BCUT2D eigenvalue weighted by molar-refractivity contribution is 7.20. The Hall–Kier alpha value is -2.64. The number of methoxy groups -OCH3 is 1. The van der Waals surface area contributed by atoms with Crippen LogP contribution in [-0.4, -0.2) is 21.7 Å². The predicted octanol–water partition coefficient (Wildman–Crippen LogP) is 4.87. The van der Waals surface area contributed by atoms with Crippen molar-refractivity contribution in [3.8, 4) is 17.0 Å². The van der Waals surface area contributed by atoms with Gasteiger partial charge in [-0.2, -0.15) is 0 Å². The van der Waals surface area contributed by atoms with E-state index in [2.05, 4.69) is 15.4 Å². The molecular formula is C18H14ClFN4OS. The third-order valence-electron chi connectivity index (χ3n) is 3.86. The predicted molar refractivity (Wildman–Crippen MR) is 102 cm³/mol. The highest BCUT2D eigenvalue weighted by Crippen LogP contribution is 2.27. The molecule has 2 heterocycles. The fraction of sp³-hybridized carbons (Fsp3) is 0.111. The van der Waals surface area contributed by atoms with Crippen LogP contribution in [0, 0.1) is 5.82 Å². The summed E-state index contributed by atoms with van der Waals surface area (Å²) in [5.41, 5.74) is 2.58. The molecule has 0 fully saturated rings. The molecule has 1 N–H and O–H groups in total. The van der Waals surface area contributed by atoms with Gasteiger partial charge in [-0.05, 0) is 35.9 Å². The molecule has 0 saturated carbocycles. The van der Waals surface area contributed by atoms with Crippen LogP contribution in [0.15, 0.2) is 48.7 Å². The zero-order chi connectivity index (χ0) is 18.1. The number of rotatable bonds is 5. The number of imidazole rings is 1. The number of nitrogens with one attached hydrogen (secondary N) is 1. The molecule has 0 spiro atoms. The van der Waals surface area contributed by atoms with Crippen molar-refractivity contribution < 1.29 is 9.13 Å². The van der Waals surface area contributed by atoms with E-state index in [-0.39, 0.29) is 5.02 Å². The molecule has 26 heavy (non-hydrogen) atoms. The molecule has 0 amide bonds. The van der Waals surface area contributed by atoms with Crippen LogP contribution < -0.4 is 10.1 Å². The summed E-state index contributed by atoms with van der Waals surface area (Å²) in [6.07, 6.45) is 1.80. The smallest absolute Gasteiger partial charge is 0.214 e. The van der Waals surface area contributed by atoms with E-state index in [1.54, 1.807) is 30.0 Å². The maximum atomic E-state index is 13.3. The van der Waals surface area contributed by atoms with Gasteiger partial charge in [-0.3, -0.25) is 0 Å². The number of ether oxygens (including phenoxy) is 1. The third kappa shape index (κ3) is 3.36. The second-order valence-corrected chi connectivity index (χ2v) is 6.95. The van der Waals surface area contributed by atoms with Gasteiger partial charge in [-0.1, -0.05) is 35.1 Å². The second-order valence-electron chi connectivity index (χ2n) is 5.59. The minimum absolute atomic E-state index is 0.0775. The summed E-state index contributed by atoms with van der Waals surface area (Å²) < 4.78 is 20.1. The van der Waals surface area contributed by atoms with Gasteiger partial charge in [0.1, 0.15) is 11.6 Å². The number of aromatic nitrogens is 3. The molecule has 0 unspecified atom stereocenters. The molecule has 4 aromatic rings. The Morgan fingerprint density at radius 3 is 2.73 bits per heavy atom. The normalized spacial score (nSPS) is 11.0. The first-order valence-electron chi connectivity index (χ1n) is 7.81. The number of halogens is 2. The van der Waals surface area contributed by atoms with Gasteiger partial charge in [0.05, 0.1) is 24.0 Å². The molecule has 0 aliphatic heterocycles. The average molecular weight is 389 g/mol. The monoisotopic (exact) mass is 388 g/mol. The van der Waals surface area contributed by atoms with Gasteiger partial charge in [0.15, 0.2) is 0 Å². The van der Waals surface area contributed by atoms with Crippen molar-refractivity contribution in [2.45, 2.75) is 6.54 Å². The van der Waals surface area contributed by atoms with Gasteiger partial charge in [-0.15, -0.1) is 5.10 Å². The largest absolute Gasteiger partial charge is 0.497 e. The number of benzene rings is 2. The van der Waals surface area contributed by atoms with E-state index in [0.29, 0.717) is 12.2 Å². The third-order valence-corrected chi connectivity index (χ3v) is 5.03. The molecule has 0 radical (unpaired) electrons. The standard InChI is InChI=1S/C18H14ClFN4OS/c1-25-13-5-2-11(3-6-13)9-21-17-23-24-10-16(22-18(24)26-17)12-4-7-15(20)14(19)8-12/h2-8,10H,9H2,1H3,(H,21,23). The molecule has 0 aliphatic carbocycles. The van der Waals surface area contributed by atoms with Crippen molar-refractivity contribution in [1.82, 2.24) is 14.6 Å². The number of anilines is 1. The lowest BCUT2D eigenvalue weighted by Gasteiger charge is -2.04. The summed E-state index contributed by atoms with van der Waals surface area (Å²) in [7, 11) is 1.65. The van der Waals surface area contributed by atoms with Crippen molar-refractivity contribution in [3.05, 3.63) is 65.1 Å². The molecule has 8 heteroatoms. The first kappa shape index (κ1) is 16.8. The minimum atomic E-state index is -0.445. The van der Waals surface area contributed by atoms with E-state index in [4.69, 9.17) is 16.3 Å². The van der Waals surface area contributed by atoms with Crippen LogP contribution in [0.4, 0.5) is 9.52 Å². The van der Waals surface area contributed by atoms with Gasteiger partial charge in [0.25, 0.3) is 0 Å². The molecule has 5 nitrogen and oxygen atoms in total. The molecule has 0 saturated heterocycles. The van der Waals surface area contributed by atoms with Crippen molar-refractivity contribution >= 4 is 33.0 Å². The Kier molecular flexibility index (Phi) is 4.48. The van der Waals surface area contributed by atoms with E-state index >= 15 is 0 Å². The van der Waals surface area contributed by atoms with Crippen LogP contribution in [0.2, 0.25) is 5.02 Å². The molecule has 0 bridgehead atoms. The number of nitrogens with zero attached hydrogens (tertiary/aromatic N) is 3. The van der Waals surface area contributed by atoms with Crippen molar-refractivity contribution in [1.29, 1.82) is 0 Å². The Labute approximate surface area is 158 Å². The van der Waals surface area contributed by atoms with E-state index in [9.17, 15) is 4.39 Å². The van der Waals surface area contributed by atoms with Crippen LogP contribution in [-0.2, 0) is 6.54 Å². The quantitative estimate of drug-likeness (QED) is 0.530. The molecule has 0 atom stereocenters. The van der Waals surface area contributed by atoms with E-state index in [1.807, 2.05) is 24.3 Å². The fourth-order valence-corrected chi connectivity index (χ4v) is 3.44. The maximum absolute atomic E-state index is 13.3. The lowest BCUT2D eigenvalue weighted by Crippen LogP contribution is -1.99. The average Bonchev–Trinajstić information content (AvgIpc) is 3.21. The van der Waals surface area contributed by atoms with Gasteiger partial charge in [-0.25, -0.2) is 13.9 Å². The molecule has 0 aliphatic rings. The summed E-state index contributed by atoms with van der Waals surface area (Å²) in [5.74, 6) is 0.384. The zero-order valence-corrected chi connectivity index (χ0v) is 15.3. The summed E-state index contributed by atoms with van der Waals surface area (Å²) in [4.78, 5) is 5.28. The Morgan fingerprint density at radius 1 is 1.23 bits per heavy atom. The maximum Gasteiger partial charge on any atom is 0.214 e. The van der Waals surface area contributed by atoms with Crippen LogP contribution in [0.5, 0.6) is 5.75 Å². The van der Waals surface area contributed by atoms with Gasteiger partial charge in [0.2, 0.25) is 10.1 Å². The number of fused-ring (bicyclic) bond motifs is 1. The summed E-state index contributed by atoms with van der Waals surface area (Å²) in [6.45, 7) is 0.654. The topological polar surface area (TPSA) is 51.5 Å². The Bertz CT molecular complexity index is 1030. The fourth-order valence-electron chi connectivity index (χ4n) is 2.49. The SMILES string of the molecule is COc1ccc(CNc2nn3cc(-c4ccc(F)c(Cl)c4)nc3s2)cc1. The molecule has 2 aromatic carbocycles. The van der Waals surface area contributed by atoms with Crippen molar-refractivity contribution in [2.75, 3.05) is 12.4 Å². The first-order chi connectivity index (χ1) is 12.6. The van der Waals surface area contributed by atoms with Gasteiger partial charge >= 0.3 is 0 Å².